The molecule has 94 valence electrons. The molecule has 2 unspecified atom stereocenters. The van der Waals surface area contributed by atoms with Crippen molar-refractivity contribution in [3.05, 3.63) is 0 Å². The molecule has 4 heteroatoms. The molecule has 0 aliphatic carbocycles. The minimum atomic E-state index is -0.115. The molecular formula is C12H24N2O2. The fourth-order valence-corrected chi connectivity index (χ4v) is 3.04. The molecule has 0 amide bonds. The second kappa shape index (κ2) is 5.45. The lowest BCUT2D eigenvalue weighted by atomic mass is 9.82. The van der Waals surface area contributed by atoms with Crippen molar-refractivity contribution < 1.29 is 9.84 Å². The standard InChI is InChI=1S/C12H24N2O2/c1-13-8-12(4-2-6-16-10-12)9-14-5-3-11(15)7-14/h11,13,15H,2-10H2,1H3. The van der Waals surface area contributed by atoms with Crippen LogP contribution >= 0.6 is 0 Å². The van der Waals surface area contributed by atoms with Crippen LogP contribution in [0.25, 0.3) is 0 Å². The van der Waals surface area contributed by atoms with Crippen molar-refractivity contribution in [1.29, 1.82) is 0 Å². The summed E-state index contributed by atoms with van der Waals surface area (Å²) in [4.78, 5) is 2.39. The van der Waals surface area contributed by atoms with Crippen LogP contribution in [-0.2, 0) is 4.74 Å². The topological polar surface area (TPSA) is 44.7 Å². The maximum atomic E-state index is 9.55. The van der Waals surface area contributed by atoms with E-state index in [-0.39, 0.29) is 11.5 Å². The van der Waals surface area contributed by atoms with Crippen molar-refractivity contribution in [1.82, 2.24) is 10.2 Å². The van der Waals surface area contributed by atoms with Crippen molar-refractivity contribution in [2.75, 3.05) is 46.4 Å². The molecule has 2 heterocycles. The molecule has 2 rings (SSSR count). The normalized spacial score (nSPS) is 36.8. The van der Waals surface area contributed by atoms with Crippen LogP contribution in [0.3, 0.4) is 0 Å². The van der Waals surface area contributed by atoms with Crippen molar-refractivity contribution in [3.63, 3.8) is 0 Å². The van der Waals surface area contributed by atoms with Crippen LogP contribution in [0.1, 0.15) is 19.3 Å². The van der Waals surface area contributed by atoms with Crippen molar-refractivity contribution in [2.45, 2.75) is 25.4 Å². The van der Waals surface area contributed by atoms with E-state index in [1.54, 1.807) is 0 Å². The molecule has 2 aliphatic heterocycles. The van der Waals surface area contributed by atoms with Gasteiger partial charge in [0.05, 0.1) is 12.7 Å². The molecule has 2 atom stereocenters. The average Bonchev–Trinajstić information content (AvgIpc) is 2.65. The van der Waals surface area contributed by atoms with Crippen LogP contribution in [0.2, 0.25) is 0 Å². The summed E-state index contributed by atoms with van der Waals surface area (Å²) in [5.74, 6) is 0. The van der Waals surface area contributed by atoms with Gasteiger partial charge >= 0.3 is 0 Å². The van der Waals surface area contributed by atoms with Crippen molar-refractivity contribution >= 4 is 0 Å². The summed E-state index contributed by atoms with van der Waals surface area (Å²) in [6.45, 7) is 5.72. The zero-order chi connectivity index (χ0) is 11.4. The number of β-amino-alcohol motifs (C(OH)–C–C–N with tert-alkyl or cyclic N) is 1. The first kappa shape index (κ1) is 12.3. The Hall–Kier alpha value is -0.160. The Balaban J connectivity index is 1.91. The maximum absolute atomic E-state index is 9.55. The molecule has 4 nitrogen and oxygen atoms in total. The van der Waals surface area contributed by atoms with Crippen molar-refractivity contribution in [2.24, 2.45) is 5.41 Å². The van der Waals surface area contributed by atoms with Gasteiger partial charge in [-0.15, -0.1) is 0 Å². The Labute approximate surface area is 98.0 Å². The first-order valence-corrected chi connectivity index (χ1v) is 6.37. The summed E-state index contributed by atoms with van der Waals surface area (Å²) in [5.41, 5.74) is 0.261. The molecule has 0 bridgehead atoms. The van der Waals surface area contributed by atoms with E-state index in [0.29, 0.717) is 0 Å². The Morgan fingerprint density at radius 2 is 2.44 bits per heavy atom. The van der Waals surface area contributed by atoms with E-state index in [1.807, 2.05) is 7.05 Å². The summed E-state index contributed by atoms with van der Waals surface area (Å²) >= 11 is 0. The molecule has 0 aromatic carbocycles. The van der Waals surface area contributed by atoms with Gasteiger partial charge < -0.3 is 15.2 Å². The fourth-order valence-electron chi connectivity index (χ4n) is 3.04. The van der Waals surface area contributed by atoms with Crippen LogP contribution in [-0.4, -0.2) is 62.6 Å². The molecule has 0 spiro atoms. The number of ether oxygens (including phenoxy) is 1. The number of nitrogens with one attached hydrogen (secondary N) is 1. The summed E-state index contributed by atoms with van der Waals surface area (Å²) in [5, 5.41) is 12.8. The number of rotatable bonds is 4. The first-order valence-electron chi connectivity index (χ1n) is 6.37. The van der Waals surface area contributed by atoms with E-state index in [9.17, 15) is 5.11 Å². The van der Waals surface area contributed by atoms with Gasteiger partial charge in [0.2, 0.25) is 0 Å². The van der Waals surface area contributed by atoms with Gasteiger partial charge in [-0.3, -0.25) is 4.90 Å². The summed E-state index contributed by atoms with van der Waals surface area (Å²) < 4.78 is 5.65. The molecule has 0 saturated carbocycles. The van der Waals surface area contributed by atoms with Gasteiger partial charge in [-0.25, -0.2) is 0 Å². The number of nitrogens with zero attached hydrogens (tertiary/aromatic N) is 1. The summed E-state index contributed by atoms with van der Waals surface area (Å²) in [6, 6.07) is 0. The minimum absolute atomic E-state index is 0.115. The number of aliphatic hydroxyl groups excluding tert-OH is 1. The van der Waals surface area contributed by atoms with E-state index in [4.69, 9.17) is 4.74 Å². The lowest BCUT2D eigenvalue weighted by Gasteiger charge is -2.39. The molecule has 2 saturated heterocycles. The Morgan fingerprint density at radius 1 is 1.56 bits per heavy atom. The SMILES string of the molecule is CNCC1(CN2CCC(O)C2)CCCOC1. The number of hydrogen-bond donors (Lipinski definition) is 2. The summed E-state index contributed by atoms with van der Waals surface area (Å²) in [6.07, 6.45) is 3.21. The highest BCUT2D eigenvalue weighted by Gasteiger charge is 2.35. The fraction of sp³-hybridized carbons (Fsp3) is 1.00. The van der Waals surface area contributed by atoms with Gasteiger partial charge in [0.1, 0.15) is 0 Å². The lowest BCUT2D eigenvalue weighted by molar-refractivity contribution is -0.0234. The highest BCUT2D eigenvalue weighted by Crippen LogP contribution is 2.30. The highest BCUT2D eigenvalue weighted by atomic mass is 16.5. The van der Waals surface area contributed by atoms with E-state index in [0.717, 1.165) is 52.2 Å². The van der Waals surface area contributed by atoms with Crippen LogP contribution in [0.5, 0.6) is 0 Å². The quantitative estimate of drug-likeness (QED) is 0.715. The average molecular weight is 228 g/mol. The third kappa shape index (κ3) is 2.94. The largest absolute Gasteiger partial charge is 0.392 e. The predicted molar refractivity (Wildman–Crippen MR) is 63.5 cm³/mol. The Bertz CT molecular complexity index is 212. The molecular weight excluding hydrogens is 204 g/mol. The molecule has 0 aromatic heterocycles. The second-order valence-corrected chi connectivity index (χ2v) is 5.36. The van der Waals surface area contributed by atoms with Crippen LogP contribution < -0.4 is 5.32 Å². The highest BCUT2D eigenvalue weighted by molar-refractivity contribution is 4.89. The summed E-state index contributed by atoms with van der Waals surface area (Å²) in [7, 11) is 2.01. The smallest absolute Gasteiger partial charge is 0.0679 e. The monoisotopic (exact) mass is 228 g/mol. The van der Waals surface area contributed by atoms with Gasteiger partial charge in [0, 0.05) is 38.2 Å². The van der Waals surface area contributed by atoms with Crippen LogP contribution in [0.4, 0.5) is 0 Å². The van der Waals surface area contributed by atoms with Crippen LogP contribution in [0.15, 0.2) is 0 Å². The van der Waals surface area contributed by atoms with E-state index < -0.39 is 0 Å². The van der Waals surface area contributed by atoms with E-state index in [2.05, 4.69) is 10.2 Å². The second-order valence-electron chi connectivity index (χ2n) is 5.36. The molecule has 2 aliphatic rings. The van der Waals surface area contributed by atoms with Gasteiger partial charge in [-0.1, -0.05) is 0 Å². The zero-order valence-corrected chi connectivity index (χ0v) is 10.2. The number of likely N-dealkylation sites (tertiary alicyclic amines) is 1. The first-order chi connectivity index (χ1) is 7.74. The van der Waals surface area contributed by atoms with Gasteiger partial charge in [-0.05, 0) is 26.3 Å². The molecule has 16 heavy (non-hydrogen) atoms. The van der Waals surface area contributed by atoms with Gasteiger partial charge in [-0.2, -0.15) is 0 Å². The molecule has 2 N–H and O–H groups in total. The third-order valence-corrected chi connectivity index (χ3v) is 3.76. The van der Waals surface area contributed by atoms with Gasteiger partial charge in [0.15, 0.2) is 0 Å². The maximum Gasteiger partial charge on any atom is 0.0679 e. The van der Waals surface area contributed by atoms with E-state index >= 15 is 0 Å². The minimum Gasteiger partial charge on any atom is -0.392 e. The Morgan fingerprint density at radius 3 is 3.00 bits per heavy atom. The zero-order valence-electron chi connectivity index (χ0n) is 10.2. The van der Waals surface area contributed by atoms with Gasteiger partial charge in [0.25, 0.3) is 0 Å². The van der Waals surface area contributed by atoms with Crippen LogP contribution in [0, 0.1) is 5.41 Å². The number of hydrogen-bond acceptors (Lipinski definition) is 4. The Kier molecular flexibility index (Phi) is 4.19. The lowest BCUT2D eigenvalue weighted by Crippen LogP contribution is -2.48. The van der Waals surface area contributed by atoms with Crippen molar-refractivity contribution in [3.8, 4) is 0 Å². The number of aliphatic hydroxyl groups is 1. The third-order valence-electron chi connectivity index (χ3n) is 3.76. The molecule has 2 fully saturated rings. The molecule has 0 aromatic rings. The molecule has 0 radical (unpaired) electrons. The van der Waals surface area contributed by atoms with E-state index in [1.165, 1.54) is 6.42 Å². The predicted octanol–water partition coefficient (Wildman–Crippen LogP) is 0.0692.